The van der Waals surface area contributed by atoms with E-state index >= 15 is 0 Å². The second-order valence-corrected chi connectivity index (χ2v) is 9.21. The average Bonchev–Trinajstić information content (AvgIpc) is 2.73. The minimum atomic E-state index is -0.0152. The molecule has 2 aliphatic heterocycles. The molecule has 6 nitrogen and oxygen atoms in total. The van der Waals surface area contributed by atoms with Gasteiger partial charge in [-0.3, -0.25) is 9.59 Å². The normalized spacial score (nSPS) is 21.4. The summed E-state index contributed by atoms with van der Waals surface area (Å²) in [5.74, 6) is 2.14. The van der Waals surface area contributed by atoms with Gasteiger partial charge in [-0.05, 0) is 69.8 Å². The number of hydrogen-bond donors (Lipinski definition) is 1. The molecule has 0 aromatic carbocycles. The molecule has 0 unspecified atom stereocenters. The quantitative estimate of drug-likeness (QED) is 0.761. The zero-order valence-corrected chi connectivity index (χ0v) is 18.2. The Kier molecular flexibility index (Phi) is 7.64. The number of nitrogens with one attached hydrogen (secondary N) is 1. The number of carbonyl (C=O) groups excluding carboxylic acids is 2. The molecule has 3 rings (SSSR count). The second kappa shape index (κ2) is 10.2. The highest BCUT2D eigenvalue weighted by Gasteiger charge is 2.29. The Morgan fingerprint density at radius 2 is 1.93 bits per heavy atom. The van der Waals surface area contributed by atoms with Crippen LogP contribution in [0.3, 0.4) is 0 Å². The van der Waals surface area contributed by atoms with Gasteiger partial charge in [-0.1, -0.05) is 13.8 Å². The number of hydrogen-bond acceptors (Lipinski definition) is 5. The highest BCUT2D eigenvalue weighted by Crippen LogP contribution is 2.22. The molecule has 1 aromatic heterocycles. The number of anilines is 1. The van der Waals surface area contributed by atoms with Gasteiger partial charge in [0.2, 0.25) is 0 Å². The van der Waals surface area contributed by atoms with E-state index in [1.165, 1.54) is 12.8 Å². The lowest BCUT2D eigenvalue weighted by Gasteiger charge is -2.32. The largest absolute Gasteiger partial charge is 0.370 e. The van der Waals surface area contributed by atoms with Crippen molar-refractivity contribution >= 4 is 17.5 Å². The molecule has 0 radical (unpaired) electrons. The van der Waals surface area contributed by atoms with Crippen molar-refractivity contribution in [3.8, 4) is 0 Å². The first-order valence-electron chi connectivity index (χ1n) is 11.1. The Labute approximate surface area is 175 Å². The molecule has 6 heteroatoms. The smallest absolute Gasteiger partial charge is 0.255 e. The van der Waals surface area contributed by atoms with Gasteiger partial charge >= 0.3 is 0 Å². The fourth-order valence-corrected chi connectivity index (χ4v) is 4.32. The van der Waals surface area contributed by atoms with Crippen molar-refractivity contribution < 1.29 is 9.59 Å². The Morgan fingerprint density at radius 1 is 1.17 bits per heavy atom. The number of Topliss-reactive ketones (excluding diaryl/α,β-unsaturated/α-hetero) is 1. The first-order valence-corrected chi connectivity index (χ1v) is 11.1. The third-order valence-electron chi connectivity index (χ3n) is 6.19. The number of pyridine rings is 1. The summed E-state index contributed by atoms with van der Waals surface area (Å²) in [6.45, 7) is 8.64. The lowest BCUT2D eigenvalue weighted by atomic mass is 9.89. The van der Waals surface area contributed by atoms with E-state index in [1.54, 1.807) is 6.20 Å². The molecule has 0 aliphatic carbocycles. The van der Waals surface area contributed by atoms with E-state index in [-0.39, 0.29) is 11.8 Å². The fraction of sp³-hybridized carbons (Fsp3) is 0.696. The molecule has 29 heavy (non-hydrogen) atoms. The van der Waals surface area contributed by atoms with Crippen LogP contribution in [0, 0.1) is 17.8 Å². The molecule has 1 atom stereocenters. The SMILES string of the molecule is CC(C)CC(=O)[C@H]1CCCN(C(=O)c2ccc(NCC3CCN(C)CC3)nc2)C1. The van der Waals surface area contributed by atoms with Gasteiger partial charge in [0.1, 0.15) is 11.6 Å². The number of rotatable bonds is 7. The van der Waals surface area contributed by atoms with Gasteiger partial charge in [-0.25, -0.2) is 4.98 Å². The summed E-state index contributed by atoms with van der Waals surface area (Å²) in [5, 5.41) is 3.42. The maximum absolute atomic E-state index is 12.9. The minimum Gasteiger partial charge on any atom is -0.370 e. The molecule has 2 aliphatic rings. The summed E-state index contributed by atoms with van der Waals surface area (Å²) in [7, 11) is 2.17. The van der Waals surface area contributed by atoms with Crippen LogP contribution in [0.5, 0.6) is 0 Å². The lowest BCUT2D eigenvalue weighted by Crippen LogP contribution is -2.42. The third kappa shape index (κ3) is 6.26. The van der Waals surface area contributed by atoms with Crippen molar-refractivity contribution in [2.24, 2.45) is 17.8 Å². The van der Waals surface area contributed by atoms with E-state index < -0.39 is 0 Å². The van der Waals surface area contributed by atoms with Crippen LogP contribution < -0.4 is 5.32 Å². The summed E-state index contributed by atoms with van der Waals surface area (Å²) in [6, 6.07) is 3.75. The zero-order valence-electron chi connectivity index (χ0n) is 18.2. The number of likely N-dealkylation sites (tertiary alicyclic amines) is 2. The maximum Gasteiger partial charge on any atom is 0.255 e. The molecular formula is C23H36N4O2. The van der Waals surface area contributed by atoms with Crippen molar-refractivity contribution in [1.82, 2.24) is 14.8 Å². The molecule has 1 amide bonds. The van der Waals surface area contributed by atoms with Crippen LogP contribution in [-0.2, 0) is 4.79 Å². The number of aromatic nitrogens is 1. The Bertz CT molecular complexity index is 681. The zero-order chi connectivity index (χ0) is 20.8. The van der Waals surface area contributed by atoms with Crippen molar-refractivity contribution in [1.29, 1.82) is 0 Å². The van der Waals surface area contributed by atoms with Crippen LogP contribution in [0.4, 0.5) is 5.82 Å². The standard InChI is InChI=1S/C23H36N4O2/c1-17(2)13-21(28)20-5-4-10-27(16-20)23(29)19-6-7-22(25-15-19)24-14-18-8-11-26(3)12-9-18/h6-7,15,17-18,20H,4-5,8-14,16H2,1-3H3,(H,24,25)/t20-/m0/s1. The summed E-state index contributed by atoms with van der Waals surface area (Å²) in [4.78, 5) is 34.0. The average molecular weight is 401 g/mol. The molecule has 2 saturated heterocycles. The van der Waals surface area contributed by atoms with Gasteiger partial charge in [0, 0.05) is 38.2 Å². The number of amides is 1. The van der Waals surface area contributed by atoms with Gasteiger partial charge in [-0.2, -0.15) is 0 Å². The van der Waals surface area contributed by atoms with Crippen LogP contribution in [0.1, 0.15) is 56.3 Å². The molecule has 0 spiro atoms. The molecule has 1 N–H and O–H groups in total. The highest BCUT2D eigenvalue weighted by atomic mass is 16.2. The molecule has 0 bridgehead atoms. The van der Waals surface area contributed by atoms with E-state index in [2.05, 4.69) is 36.1 Å². The maximum atomic E-state index is 12.9. The van der Waals surface area contributed by atoms with Crippen molar-refractivity contribution in [3.63, 3.8) is 0 Å². The van der Waals surface area contributed by atoms with E-state index in [9.17, 15) is 9.59 Å². The Morgan fingerprint density at radius 3 is 2.59 bits per heavy atom. The van der Waals surface area contributed by atoms with E-state index in [4.69, 9.17) is 0 Å². The summed E-state index contributed by atoms with van der Waals surface area (Å²) >= 11 is 0. The van der Waals surface area contributed by atoms with Crippen molar-refractivity contribution in [3.05, 3.63) is 23.9 Å². The summed E-state index contributed by atoms with van der Waals surface area (Å²) in [6.07, 6.45) is 6.49. The predicted octanol–water partition coefficient (Wildman–Crippen LogP) is 3.30. The molecular weight excluding hydrogens is 364 g/mol. The Hall–Kier alpha value is -1.95. The number of piperidine rings is 2. The van der Waals surface area contributed by atoms with Gasteiger partial charge in [-0.15, -0.1) is 0 Å². The number of nitrogens with zero attached hydrogens (tertiary/aromatic N) is 3. The number of carbonyl (C=O) groups is 2. The van der Waals surface area contributed by atoms with Gasteiger partial charge < -0.3 is 15.1 Å². The topological polar surface area (TPSA) is 65.5 Å². The molecule has 0 saturated carbocycles. The van der Waals surface area contributed by atoms with Crippen LogP contribution in [0.2, 0.25) is 0 Å². The molecule has 3 heterocycles. The molecule has 2 fully saturated rings. The van der Waals surface area contributed by atoms with Gasteiger partial charge in [0.15, 0.2) is 0 Å². The Balaban J connectivity index is 1.51. The van der Waals surface area contributed by atoms with Crippen LogP contribution in [0.15, 0.2) is 18.3 Å². The first-order chi connectivity index (χ1) is 13.9. The van der Waals surface area contributed by atoms with Crippen LogP contribution >= 0.6 is 0 Å². The van der Waals surface area contributed by atoms with Gasteiger partial charge in [0.05, 0.1) is 5.56 Å². The van der Waals surface area contributed by atoms with Crippen LogP contribution in [0.25, 0.3) is 0 Å². The van der Waals surface area contributed by atoms with E-state index in [0.717, 1.165) is 44.8 Å². The number of ketones is 1. The molecule has 1 aromatic rings. The van der Waals surface area contributed by atoms with E-state index in [0.29, 0.717) is 36.1 Å². The van der Waals surface area contributed by atoms with Crippen LogP contribution in [-0.4, -0.2) is 66.2 Å². The summed E-state index contributed by atoms with van der Waals surface area (Å²) < 4.78 is 0. The second-order valence-electron chi connectivity index (χ2n) is 9.21. The lowest BCUT2D eigenvalue weighted by molar-refractivity contribution is -0.124. The van der Waals surface area contributed by atoms with Gasteiger partial charge in [0.25, 0.3) is 5.91 Å². The highest BCUT2D eigenvalue weighted by molar-refractivity contribution is 5.94. The third-order valence-corrected chi connectivity index (χ3v) is 6.19. The first kappa shape index (κ1) is 21.8. The van der Waals surface area contributed by atoms with Crippen molar-refractivity contribution in [2.75, 3.05) is 45.1 Å². The predicted molar refractivity (Wildman–Crippen MR) is 116 cm³/mol. The van der Waals surface area contributed by atoms with E-state index in [1.807, 2.05) is 17.0 Å². The minimum absolute atomic E-state index is 0.0126. The monoisotopic (exact) mass is 400 g/mol. The summed E-state index contributed by atoms with van der Waals surface area (Å²) in [5.41, 5.74) is 0.604. The fourth-order valence-electron chi connectivity index (χ4n) is 4.32. The van der Waals surface area contributed by atoms with Crippen molar-refractivity contribution in [2.45, 2.75) is 46.0 Å². The molecule has 160 valence electrons.